The minimum Gasteiger partial charge on any atom is -0.327 e. The molecule has 1 heterocycles. The zero-order valence-electron chi connectivity index (χ0n) is 5.35. The van der Waals surface area contributed by atoms with Crippen LogP contribution in [0.2, 0.25) is 0 Å². The lowest BCUT2D eigenvalue weighted by molar-refractivity contribution is 0.384. The highest BCUT2D eigenvalue weighted by atomic mass is 14.9. The quantitative estimate of drug-likeness (QED) is 0.468. The first kappa shape index (κ1) is 6.05. The van der Waals surface area contributed by atoms with Gasteiger partial charge in [0.05, 0.1) is 0 Å². The molecule has 0 unspecified atom stereocenters. The molecule has 0 aromatic carbocycles. The summed E-state index contributed by atoms with van der Waals surface area (Å²) >= 11 is 0. The molecule has 3 N–H and O–H groups in total. The van der Waals surface area contributed by atoms with Crippen molar-refractivity contribution in [3.8, 4) is 0 Å². The van der Waals surface area contributed by atoms with Crippen LogP contribution >= 0.6 is 0 Å². The number of piperidine rings is 1. The van der Waals surface area contributed by atoms with Gasteiger partial charge in [0.2, 0.25) is 0 Å². The summed E-state index contributed by atoms with van der Waals surface area (Å²) in [5, 5.41) is 3.31. The van der Waals surface area contributed by atoms with E-state index in [0.29, 0.717) is 12.1 Å². The summed E-state index contributed by atoms with van der Waals surface area (Å²) in [7, 11) is 0. The molecular weight excluding hydrogens is 100 g/mol. The number of rotatable bonds is 0. The number of hydrogen-bond acceptors (Lipinski definition) is 2. The van der Waals surface area contributed by atoms with Crippen molar-refractivity contribution in [2.24, 2.45) is 5.73 Å². The van der Waals surface area contributed by atoms with Crippen molar-refractivity contribution in [1.29, 1.82) is 0 Å². The van der Waals surface area contributed by atoms with Crippen molar-refractivity contribution in [3.63, 3.8) is 0 Å². The van der Waals surface area contributed by atoms with Gasteiger partial charge in [-0.25, -0.2) is 0 Å². The second kappa shape index (κ2) is 2.46. The Kier molecular flexibility index (Phi) is 1.86. The van der Waals surface area contributed by atoms with Crippen LogP contribution in [0.5, 0.6) is 0 Å². The largest absolute Gasteiger partial charge is 0.327 e. The van der Waals surface area contributed by atoms with Gasteiger partial charge < -0.3 is 11.1 Å². The molecule has 48 valence electrons. The molecule has 0 bridgehead atoms. The molecule has 1 aliphatic heterocycles. The van der Waals surface area contributed by atoms with E-state index in [2.05, 4.69) is 12.2 Å². The van der Waals surface area contributed by atoms with Crippen LogP contribution in [0, 0.1) is 0 Å². The van der Waals surface area contributed by atoms with Crippen LogP contribution in [0.25, 0.3) is 0 Å². The molecule has 0 radical (unpaired) electrons. The Morgan fingerprint density at radius 2 is 2.25 bits per heavy atom. The lowest BCUT2D eigenvalue weighted by Crippen LogP contribution is -2.43. The van der Waals surface area contributed by atoms with Gasteiger partial charge in [0.1, 0.15) is 0 Å². The highest BCUT2D eigenvalue weighted by Crippen LogP contribution is 2.04. The summed E-state index contributed by atoms with van der Waals surface area (Å²) in [5.41, 5.74) is 5.63. The van der Waals surface area contributed by atoms with E-state index in [1.807, 2.05) is 0 Å². The molecule has 0 aromatic rings. The topological polar surface area (TPSA) is 38.0 Å². The van der Waals surface area contributed by atoms with Gasteiger partial charge in [0.25, 0.3) is 0 Å². The van der Waals surface area contributed by atoms with Crippen LogP contribution in [0.4, 0.5) is 0 Å². The standard InChI is InChI=1S/C6H14N2/c1-5-2-3-6(7)4-8-5/h5-6,8H,2-4,7H2,1H3/t5-,6-/m0/s1. The molecule has 0 saturated carbocycles. The Hall–Kier alpha value is -0.0800. The Morgan fingerprint density at radius 3 is 2.62 bits per heavy atom. The van der Waals surface area contributed by atoms with E-state index in [0.717, 1.165) is 6.54 Å². The van der Waals surface area contributed by atoms with E-state index >= 15 is 0 Å². The molecule has 0 aliphatic carbocycles. The van der Waals surface area contributed by atoms with Crippen molar-refractivity contribution < 1.29 is 0 Å². The Balaban J connectivity index is 2.19. The fourth-order valence-corrected chi connectivity index (χ4v) is 1.02. The SMILES string of the molecule is C[C@H]1CC[C@H](N)CN1. The van der Waals surface area contributed by atoms with Crippen molar-refractivity contribution in [3.05, 3.63) is 0 Å². The van der Waals surface area contributed by atoms with Crippen molar-refractivity contribution in [2.45, 2.75) is 31.8 Å². The van der Waals surface area contributed by atoms with Crippen molar-refractivity contribution in [1.82, 2.24) is 5.32 Å². The molecule has 0 aromatic heterocycles. The van der Waals surface area contributed by atoms with E-state index in [4.69, 9.17) is 5.73 Å². The zero-order chi connectivity index (χ0) is 5.98. The molecular formula is C6H14N2. The van der Waals surface area contributed by atoms with Gasteiger partial charge in [-0.2, -0.15) is 0 Å². The van der Waals surface area contributed by atoms with E-state index in [-0.39, 0.29) is 0 Å². The number of nitrogens with one attached hydrogen (secondary N) is 1. The predicted octanol–water partition coefficient (Wildman–Crippen LogP) is 0.0856. The monoisotopic (exact) mass is 114 g/mol. The molecule has 0 spiro atoms. The third-order valence-corrected chi connectivity index (χ3v) is 1.70. The highest BCUT2D eigenvalue weighted by molar-refractivity contribution is 4.75. The molecule has 2 nitrogen and oxygen atoms in total. The average molecular weight is 114 g/mol. The lowest BCUT2D eigenvalue weighted by atomic mass is 10.0. The van der Waals surface area contributed by atoms with Crippen molar-refractivity contribution >= 4 is 0 Å². The summed E-state index contributed by atoms with van der Waals surface area (Å²) in [6, 6.07) is 1.10. The van der Waals surface area contributed by atoms with Gasteiger partial charge in [-0.1, -0.05) is 0 Å². The summed E-state index contributed by atoms with van der Waals surface area (Å²) in [4.78, 5) is 0. The highest BCUT2D eigenvalue weighted by Gasteiger charge is 2.12. The summed E-state index contributed by atoms with van der Waals surface area (Å²) in [6.45, 7) is 3.20. The van der Waals surface area contributed by atoms with E-state index in [1.54, 1.807) is 0 Å². The lowest BCUT2D eigenvalue weighted by Gasteiger charge is -2.24. The van der Waals surface area contributed by atoms with Crippen LogP contribution < -0.4 is 11.1 Å². The predicted molar refractivity (Wildman–Crippen MR) is 34.7 cm³/mol. The third kappa shape index (κ3) is 1.46. The Labute approximate surface area is 50.4 Å². The van der Waals surface area contributed by atoms with Gasteiger partial charge >= 0.3 is 0 Å². The molecule has 1 aliphatic rings. The zero-order valence-corrected chi connectivity index (χ0v) is 5.35. The normalized spacial score (nSPS) is 39.8. The molecule has 1 rings (SSSR count). The van der Waals surface area contributed by atoms with Gasteiger partial charge in [0, 0.05) is 18.6 Å². The second-order valence-electron chi connectivity index (χ2n) is 2.65. The molecule has 0 amide bonds. The second-order valence-corrected chi connectivity index (χ2v) is 2.65. The van der Waals surface area contributed by atoms with Crippen LogP contribution in [0.1, 0.15) is 19.8 Å². The molecule has 1 fully saturated rings. The molecule has 2 heteroatoms. The first-order chi connectivity index (χ1) is 3.79. The van der Waals surface area contributed by atoms with Gasteiger partial charge in [-0.15, -0.1) is 0 Å². The minimum absolute atomic E-state index is 0.409. The van der Waals surface area contributed by atoms with E-state index < -0.39 is 0 Å². The van der Waals surface area contributed by atoms with Crippen LogP contribution in [0.15, 0.2) is 0 Å². The smallest absolute Gasteiger partial charge is 0.0165 e. The maximum absolute atomic E-state index is 5.63. The van der Waals surface area contributed by atoms with Gasteiger partial charge in [-0.05, 0) is 19.8 Å². The first-order valence-electron chi connectivity index (χ1n) is 3.28. The van der Waals surface area contributed by atoms with Crippen molar-refractivity contribution in [2.75, 3.05) is 6.54 Å². The fraction of sp³-hybridized carbons (Fsp3) is 1.00. The van der Waals surface area contributed by atoms with E-state index in [1.165, 1.54) is 12.8 Å². The van der Waals surface area contributed by atoms with Crippen LogP contribution in [-0.4, -0.2) is 18.6 Å². The summed E-state index contributed by atoms with van der Waals surface area (Å²) < 4.78 is 0. The molecule has 1 saturated heterocycles. The molecule has 8 heavy (non-hydrogen) atoms. The Bertz CT molecular complexity index is 54.9. The van der Waals surface area contributed by atoms with Gasteiger partial charge in [-0.3, -0.25) is 0 Å². The number of nitrogens with two attached hydrogens (primary N) is 1. The summed E-state index contributed by atoms with van der Waals surface area (Å²) in [6.07, 6.45) is 2.43. The maximum atomic E-state index is 5.63. The first-order valence-corrected chi connectivity index (χ1v) is 3.28. The number of hydrogen-bond donors (Lipinski definition) is 2. The fourth-order valence-electron chi connectivity index (χ4n) is 1.02. The minimum atomic E-state index is 0.409. The van der Waals surface area contributed by atoms with Crippen LogP contribution in [-0.2, 0) is 0 Å². The van der Waals surface area contributed by atoms with E-state index in [9.17, 15) is 0 Å². The maximum Gasteiger partial charge on any atom is 0.0165 e. The van der Waals surface area contributed by atoms with Crippen LogP contribution in [0.3, 0.4) is 0 Å². The Morgan fingerprint density at radius 1 is 1.50 bits per heavy atom. The molecule has 2 atom stereocenters. The average Bonchev–Trinajstić information content (AvgIpc) is 1.77. The third-order valence-electron chi connectivity index (χ3n) is 1.70. The van der Waals surface area contributed by atoms with Gasteiger partial charge in [0.15, 0.2) is 0 Å². The summed E-state index contributed by atoms with van der Waals surface area (Å²) in [5.74, 6) is 0.